The van der Waals surface area contributed by atoms with Crippen molar-refractivity contribution < 1.29 is 0 Å². The Morgan fingerprint density at radius 2 is 1.33 bits per heavy atom. The Morgan fingerprint density at radius 1 is 0.833 bits per heavy atom. The zero-order chi connectivity index (χ0) is 8.66. The molecule has 0 aromatic rings. The van der Waals surface area contributed by atoms with Gasteiger partial charge in [0.15, 0.2) is 0 Å². The summed E-state index contributed by atoms with van der Waals surface area (Å²) >= 11 is 0. The van der Waals surface area contributed by atoms with Crippen molar-refractivity contribution >= 4 is 0 Å². The fourth-order valence-electron chi connectivity index (χ4n) is 2.37. The third kappa shape index (κ3) is 1.50. The topological polar surface area (TPSA) is 24.1 Å². The van der Waals surface area contributed by atoms with Crippen molar-refractivity contribution in [3.8, 4) is 0 Å². The van der Waals surface area contributed by atoms with Crippen LogP contribution in [0.1, 0.15) is 39.5 Å². The van der Waals surface area contributed by atoms with Gasteiger partial charge in [-0.15, -0.1) is 0 Å². The summed E-state index contributed by atoms with van der Waals surface area (Å²) in [7, 11) is 0. The summed E-state index contributed by atoms with van der Waals surface area (Å²) in [4.78, 5) is 0. The van der Waals surface area contributed by atoms with E-state index in [-0.39, 0.29) is 0 Å². The van der Waals surface area contributed by atoms with Gasteiger partial charge in [-0.3, -0.25) is 10.6 Å². The molecule has 0 aromatic carbocycles. The second-order valence-corrected chi connectivity index (χ2v) is 5.10. The van der Waals surface area contributed by atoms with Crippen LogP contribution in [0, 0.1) is 5.41 Å². The van der Waals surface area contributed by atoms with Crippen LogP contribution in [-0.4, -0.2) is 18.8 Å². The van der Waals surface area contributed by atoms with Crippen LogP contribution < -0.4 is 10.6 Å². The van der Waals surface area contributed by atoms with Crippen molar-refractivity contribution in [2.45, 2.75) is 45.2 Å². The molecule has 2 aliphatic rings. The quantitative estimate of drug-likeness (QED) is 0.572. The van der Waals surface area contributed by atoms with Gasteiger partial charge in [0.25, 0.3) is 0 Å². The fourth-order valence-corrected chi connectivity index (χ4v) is 2.37. The minimum absolute atomic E-state index is 0.329. The molecule has 1 saturated carbocycles. The first-order chi connectivity index (χ1) is 5.62. The van der Waals surface area contributed by atoms with E-state index in [0.717, 1.165) is 13.1 Å². The SMILES string of the molecule is CC1(C)CCC2(CC1)NCCN2. The Hall–Kier alpha value is -0.0800. The van der Waals surface area contributed by atoms with Crippen molar-refractivity contribution in [2.75, 3.05) is 13.1 Å². The van der Waals surface area contributed by atoms with Gasteiger partial charge in [0.05, 0.1) is 5.66 Å². The predicted molar refractivity (Wildman–Crippen MR) is 51.0 cm³/mol. The van der Waals surface area contributed by atoms with Gasteiger partial charge in [0.2, 0.25) is 0 Å². The van der Waals surface area contributed by atoms with Gasteiger partial charge in [-0.1, -0.05) is 13.8 Å². The zero-order valence-electron chi connectivity index (χ0n) is 8.24. The molecule has 1 saturated heterocycles. The number of hydrogen-bond acceptors (Lipinski definition) is 2. The summed E-state index contributed by atoms with van der Waals surface area (Å²) in [6.07, 6.45) is 5.32. The number of nitrogens with one attached hydrogen (secondary N) is 2. The van der Waals surface area contributed by atoms with E-state index >= 15 is 0 Å². The average molecular weight is 168 g/mol. The van der Waals surface area contributed by atoms with Crippen LogP contribution in [0.4, 0.5) is 0 Å². The van der Waals surface area contributed by atoms with Crippen molar-refractivity contribution in [1.82, 2.24) is 10.6 Å². The highest BCUT2D eigenvalue weighted by molar-refractivity contribution is 4.96. The molecule has 2 heteroatoms. The van der Waals surface area contributed by atoms with E-state index < -0.39 is 0 Å². The molecule has 0 atom stereocenters. The lowest BCUT2D eigenvalue weighted by molar-refractivity contribution is 0.134. The van der Waals surface area contributed by atoms with Gasteiger partial charge < -0.3 is 0 Å². The second kappa shape index (κ2) is 2.71. The van der Waals surface area contributed by atoms with Crippen LogP contribution in [0.2, 0.25) is 0 Å². The lowest BCUT2D eigenvalue weighted by Gasteiger charge is -2.41. The standard InChI is InChI=1S/C10H20N2/c1-9(2)3-5-10(6-4-9)11-7-8-12-10/h11-12H,3-8H2,1-2H3. The van der Waals surface area contributed by atoms with E-state index in [9.17, 15) is 0 Å². The third-order valence-electron chi connectivity index (χ3n) is 3.51. The molecule has 70 valence electrons. The van der Waals surface area contributed by atoms with Gasteiger partial charge in [-0.05, 0) is 31.1 Å². The highest BCUT2D eigenvalue weighted by Gasteiger charge is 2.39. The Labute approximate surface area is 75.1 Å². The molecule has 1 aliphatic heterocycles. The molecule has 2 rings (SSSR count). The zero-order valence-corrected chi connectivity index (χ0v) is 8.24. The smallest absolute Gasteiger partial charge is 0.0688 e. The summed E-state index contributed by atoms with van der Waals surface area (Å²) < 4.78 is 0. The van der Waals surface area contributed by atoms with E-state index in [0.29, 0.717) is 11.1 Å². The monoisotopic (exact) mass is 168 g/mol. The molecule has 0 unspecified atom stereocenters. The second-order valence-electron chi connectivity index (χ2n) is 5.10. The summed E-state index contributed by atoms with van der Waals surface area (Å²) in [6, 6.07) is 0. The molecule has 1 aliphatic carbocycles. The molecular formula is C10H20N2. The van der Waals surface area contributed by atoms with E-state index in [4.69, 9.17) is 0 Å². The Kier molecular flexibility index (Phi) is 1.92. The van der Waals surface area contributed by atoms with Crippen LogP contribution in [0.25, 0.3) is 0 Å². The Morgan fingerprint density at radius 3 is 1.83 bits per heavy atom. The maximum atomic E-state index is 3.60. The molecule has 1 spiro atoms. The lowest BCUT2D eigenvalue weighted by atomic mass is 9.73. The van der Waals surface area contributed by atoms with E-state index in [2.05, 4.69) is 24.5 Å². The lowest BCUT2D eigenvalue weighted by Crippen LogP contribution is -2.52. The molecule has 2 nitrogen and oxygen atoms in total. The van der Waals surface area contributed by atoms with E-state index in [1.807, 2.05) is 0 Å². The van der Waals surface area contributed by atoms with E-state index in [1.165, 1.54) is 25.7 Å². The fraction of sp³-hybridized carbons (Fsp3) is 1.00. The maximum Gasteiger partial charge on any atom is 0.0688 e. The molecule has 0 amide bonds. The first-order valence-electron chi connectivity index (χ1n) is 5.12. The summed E-state index contributed by atoms with van der Waals surface area (Å²) in [5.74, 6) is 0. The third-order valence-corrected chi connectivity index (χ3v) is 3.51. The van der Waals surface area contributed by atoms with Crippen LogP contribution in [0.15, 0.2) is 0 Å². The van der Waals surface area contributed by atoms with Crippen LogP contribution in [-0.2, 0) is 0 Å². The molecule has 2 N–H and O–H groups in total. The maximum absolute atomic E-state index is 3.60. The summed E-state index contributed by atoms with van der Waals surface area (Å²) in [6.45, 7) is 7.07. The number of rotatable bonds is 0. The molecule has 0 aromatic heterocycles. The molecule has 0 bridgehead atoms. The van der Waals surface area contributed by atoms with Gasteiger partial charge in [0, 0.05) is 13.1 Å². The molecule has 2 fully saturated rings. The van der Waals surface area contributed by atoms with Gasteiger partial charge in [-0.2, -0.15) is 0 Å². The first-order valence-corrected chi connectivity index (χ1v) is 5.12. The highest BCUT2D eigenvalue weighted by atomic mass is 15.2. The van der Waals surface area contributed by atoms with Crippen molar-refractivity contribution in [3.63, 3.8) is 0 Å². The average Bonchev–Trinajstić information content (AvgIpc) is 2.46. The van der Waals surface area contributed by atoms with Gasteiger partial charge >= 0.3 is 0 Å². The minimum Gasteiger partial charge on any atom is -0.298 e. The van der Waals surface area contributed by atoms with E-state index in [1.54, 1.807) is 0 Å². The molecular weight excluding hydrogens is 148 g/mol. The largest absolute Gasteiger partial charge is 0.298 e. The van der Waals surface area contributed by atoms with Gasteiger partial charge in [0.1, 0.15) is 0 Å². The van der Waals surface area contributed by atoms with Crippen LogP contribution in [0.5, 0.6) is 0 Å². The van der Waals surface area contributed by atoms with Crippen molar-refractivity contribution in [2.24, 2.45) is 5.41 Å². The normalized spacial score (nSPS) is 32.5. The van der Waals surface area contributed by atoms with Crippen LogP contribution in [0.3, 0.4) is 0 Å². The molecule has 1 heterocycles. The first kappa shape index (κ1) is 8.52. The van der Waals surface area contributed by atoms with Crippen molar-refractivity contribution in [3.05, 3.63) is 0 Å². The minimum atomic E-state index is 0.329. The summed E-state index contributed by atoms with van der Waals surface area (Å²) in [5.41, 5.74) is 0.909. The summed E-state index contributed by atoms with van der Waals surface area (Å²) in [5, 5.41) is 7.20. The van der Waals surface area contributed by atoms with Crippen molar-refractivity contribution in [1.29, 1.82) is 0 Å². The van der Waals surface area contributed by atoms with Crippen LogP contribution >= 0.6 is 0 Å². The Balaban J connectivity index is 1.97. The molecule has 0 radical (unpaired) electrons. The Bertz CT molecular complexity index is 157. The number of hydrogen-bond donors (Lipinski definition) is 2. The van der Waals surface area contributed by atoms with Gasteiger partial charge in [-0.25, -0.2) is 0 Å². The highest BCUT2D eigenvalue weighted by Crippen LogP contribution is 2.39. The predicted octanol–water partition coefficient (Wildman–Crippen LogP) is 1.48. The molecule has 12 heavy (non-hydrogen) atoms.